The number of esters is 1. The molecule has 0 heterocycles. The molecule has 0 aromatic heterocycles. The number of hydrogen-bond donors (Lipinski definition) is 1. The van der Waals surface area contributed by atoms with Crippen molar-refractivity contribution in [2.45, 2.75) is 24.5 Å². The average molecular weight is 363 g/mol. The van der Waals surface area contributed by atoms with Crippen molar-refractivity contribution in [1.29, 1.82) is 0 Å². The number of methoxy groups -OCH3 is 1. The quantitative estimate of drug-likeness (QED) is 0.726. The van der Waals surface area contributed by atoms with Crippen molar-refractivity contribution in [3.8, 4) is 0 Å². The van der Waals surface area contributed by atoms with Crippen LogP contribution in [0.5, 0.6) is 0 Å². The molecular weight excluding hydrogens is 342 g/mol. The van der Waals surface area contributed by atoms with Crippen LogP contribution >= 0.6 is 0 Å². The van der Waals surface area contributed by atoms with Crippen molar-refractivity contribution in [3.05, 3.63) is 65.7 Å². The smallest absolute Gasteiger partial charge is 0.326 e. The Hall–Kier alpha value is -2.22. The third kappa shape index (κ3) is 5.67. The summed E-state index contributed by atoms with van der Waals surface area (Å²) in [6.45, 7) is 1.99. The lowest BCUT2D eigenvalue weighted by Crippen LogP contribution is -2.44. The van der Waals surface area contributed by atoms with Crippen LogP contribution in [0, 0.1) is 6.92 Å². The van der Waals surface area contributed by atoms with Gasteiger partial charge in [-0.2, -0.15) is 4.72 Å². The molecule has 0 amide bonds. The Labute approximate surface area is 147 Å². The molecule has 2 rings (SSSR count). The predicted molar refractivity (Wildman–Crippen MR) is 93.4 cm³/mol. The van der Waals surface area contributed by atoms with Gasteiger partial charge in [-0.15, -0.1) is 0 Å². The summed E-state index contributed by atoms with van der Waals surface area (Å²) in [7, 11) is -2.66. The van der Waals surface area contributed by atoms with Gasteiger partial charge in [0.25, 0.3) is 0 Å². The van der Waals surface area contributed by atoms with Crippen molar-refractivity contribution in [2.75, 3.05) is 13.7 Å². The van der Waals surface area contributed by atoms with Gasteiger partial charge < -0.3 is 9.47 Å². The molecule has 0 aliphatic carbocycles. The molecule has 7 heteroatoms. The molecule has 25 heavy (non-hydrogen) atoms. The van der Waals surface area contributed by atoms with Crippen LogP contribution in [0.4, 0.5) is 0 Å². The van der Waals surface area contributed by atoms with Crippen LogP contribution in [0.2, 0.25) is 0 Å². The molecule has 1 N–H and O–H groups in total. The molecule has 0 saturated heterocycles. The van der Waals surface area contributed by atoms with Crippen molar-refractivity contribution >= 4 is 16.0 Å². The van der Waals surface area contributed by atoms with Crippen molar-refractivity contribution in [3.63, 3.8) is 0 Å². The lowest BCUT2D eigenvalue weighted by atomic mass is 10.2. The molecule has 0 spiro atoms. The standard InChI is InChI=1S/C18H21NO5S/c1-14-8-10-16(11-9-14)25(21,22)19-17(18(20)23-2)13-24-12-15-6-4-3-5-7-15/h3-11,17,19H,12-13H2,1-2H3/t17-/m0/s1. The summed E-state index contributed by atoms with van der Waals surface area (Å²) >= 11 is 0. The first-order valence-electron chi connectivity index (χ1n) is 7.71. The first kappa shape index (κ1) is 19.1. The maximum atomic E-state index is 12.4. The largest absolute Gasteiger partial charge is 0.468 e. The van der Waals surface area contributed by atoms with Crippen molar-refractivity contribution in [2.24, 2.45) is 0 Å². The van der Waals surface area contributed by atoms with Gasteiger partial charge in [-0.3, -0.25) is 4.79 Å². The summed E-state index contributed by atoms with van der Waals surface area (Å²) in [6.07, 6.45) is 0. The van der Waals surface area contributed by atoms with E-state index in [9.17, 15) is 13.2 Å². The highest BCUT2D eigenvalue weighted by Crippen LogP contribution is 2.11. The van der Waals surface area contributed by atoms with E-state index in [1.54, 1.807) is 12.1 Å². The number of sulfonamides is 1. The minimum atomic E-state index is -3.86. The zero-order chi connectivity index (χ0) is 18.3. The second-order valence-corrected chi connectivity index (χ2v) is 7.22. The number of ether oxygens (including phenoxy) is 2. The molecule has 6 nitrogen and oxygen atoms in total. The Balaban J connectivity index is 2.04. The normalized spacial score (nSPS) is 12.6. The van der Waals surface area contributed by atoms with E-state index in [0.29, 0.717) is 0 Å². The van der Waals surface area contributed by atoms with Gasteiger partial charge in [0, 0.05) is 0 Å². The molecule has 0 saturated carbocycles. The number of hydrogen-bond acceptors (Lipinski definition) is 5. The van der Waals surface area contributed by atoms with Gasteiger partial charge in [-0.05, 0) is 24.6 Å². The number of benzene rings is 2. The molecule has 1 atom stereocenters. The van der Waals surface area contributed by atoms with E-state index < -0.39 is 22.0 Å². The number of carbonyl (C=O) groups excluding carboxylic acids is 1. The Morgan fingerprint density at radius 2 is 1.72 bits per heavy atom. The zero-order valence-corrected chi connectivity index (χ0v) is 15.0. The Kier molecular flexibility index (Phi) is 6.69. The summed E-state index contributed by atoms with van der Waals surface area (Å²) in [5.41, 5.74) is 1.86. The van der Waals surface area contributed by atoms with Gasteiger partial charge in [0.05, 0.1) is 25.2 Å². The topological polar surface area (TPSA) is 81.7 Å². The third-order valence-corrected chi connectivity index (χ3v) is 5.00. The fourth-order valence-corrected chi connectivity index (χ4v) is 3.30. The minimum absolute atomic E-state index is 0.0788. The minimum Gasteiger partial charge on any atom is -0.468 e. The van der Waals surface area contributed by atoms with Crippen molar-refractivity contribution < 1.29 is 22.7 Å². The van der Waals surface area contributed by atoms with Crippen LogP contribution < -0.4 is 4.72 Å². The van der Waals surface area contributed by atoms with Gasteiger partial charge in [-0.1, -0.05) is 48.0 Å². The van der Waals surface area contributed by atoms with E-state index >= 15 is 0 Å². The Bertz CT molecular complexity index is 788. The first-order chi connectivity index (χ1) is 11.9. The fourth-order valence-electron chi connectivity index (χ4n) is 2.13. The molecule has 0 aliphatic rings. The van der Waals surface area contributed by atoms with E-state index in [0.717, 1.165) is 11.1 Å². The van der Waals surface area contributed by atoms with Crippen LogP contribution in [-0.2, 0) is 30.9 Å². The summed E-state index contributed by atoms with van der Waals surface area (Å²) in [5, 5.41) is 0. The highest BCUT2D eigenvalue weighted by atomic mass is 32.2. The predicted octanol–water partition coefficient (Wildman–Crippen LogP) is 2.03. The molecule has 134 valence electrons. The summed E-state index contributed by atoms with van der Waals surface area (Å²) in [5.74, 6) is -0.705. The molecular formula is C18H21NO5S. The van der Waals surface area contributed by atoms with Gasteiger partial charge in [0.2, 0.25) is 10.0 Å². The maximum Gasteiger partial charge on any atom is 0.326 e. The Morgan fingerprint density at radius 3 is 2.32 bits per heavy atom. The monoisotopic (exact) mass is 363 g/mol. The van der Waals surface area contributed by atoms with Gasteiger partial charge >= 0.3 is 5.97 Å². The van der Waals surface area contributed by atoms with Crippen LogP contribution in [0.15, 0.2) is 59.5 Å². The number of rotatable bonds is 8. The highest BCUT2D eigenvalue weighted by Gasteiger charge is 2.26. The van der Waals surface area contributed by atoms with Gasteiger partial charge in [-0.25, -0.2) is 8.42 Å². The van der Waals surface area contributed by atoms with E-state index in [1.165, 1.54) is 19.2 Å². The van der Waals surface area contributed by atoms with Gasteiger partial charge in [0.15, 0.2) is 0 Å². The summed E-state index contributed by atoms with van der Waals surface area (Å²) in [6, 6.07) is 14.6. The molecule has 0 aliphatic heterocycles. The number of carbonyl (C=O) groups is 1. The van der Waals surface area contributed by atoms with Crippen LogP contribution in [-0.4, -0.2) is 34.1 Å². The molecule has 2 aromatic carbocycles. The third-order valence-electron chi connectivity index (χ3n) is 3.51. The zero-order valence-electron chi connectivity index (χ0n) is 14.1. The lowest BCUT2D eigenvalue weighted by molar-refractivity contribution is -0.144. The second kappa shape index (κ2) is 8.75. The Morgan fingerprint density at radius 1 is 1.08 bits per heavy atom. The summed E-state index contributed by atoms with van der Waals surface area (Å²) in [4.78, 5) is 12.0. The molecule has 0 radical (unpaired) electrons. The molecule has 0 bridgehead atoms. The van der Waals surface area contributed by atoms with E-state index in [-0.39, 0.29) is 18.1 Å². The second-order valence-electron chi connectivity index (χ2n) is 5.51. The van der Waals surface area contributed by atoms with E-state index in [1.807, 2.05) is 37.3 Å². The van der Waals surface area contributed by atoms with Crippen LogP contribution in [0.25, 0.3) is 0 Å². The lowest BCUT2D eigenvalue weighted by Gasteiger charge is -2.17. The molecule has 0 fully saturated rings. The van der Waals surface area contributed by atoms with E-state index in [2.05, 4.69) is 9.46 Å². The SMILES string of the molecule is COC(=O)[C@H](COCc1ccccc1)NS(=O)(=O)c1ccc(C)cc1. The maximum absolute atomic E-state index is 12.4. The van der Waals surface area contributed by atoms with Crippen LogP contribution in [0.1, 0.15) is 11.1 Å². The number of aryl methyl sites for hydroxylation is 1. The van der Waals surface area contributed by atoms with Gasteiger partial charge in [0.1, 0.15) is 6.04 Å². The number of nitrogens with one attached hydrogen (secondary N) is 1. The first-order valence-corrected chi connectivity index (χ1v) is 9.19. The average Bonchev–Trinajstić information content (AvgIpc) is 2.61. The highest BCUT2D eigenvalue weighted by molar-refractivity contribution is 7.89. The van der Waals surface area contributed by atoms with Crippen molar-refractivity contribution in [1.82, 2.24) is 4.72 Å². The van der Waals surface area contributed by atoms with Crippen LogP contribution in [0.3, 0.4) is 0 Å². The van der Waals surface area contributed by atoms with E-state index in [4.69, 9.17) is 4.74 Å². The molecule has 0 unspecified atom stereocenters. The molecule has 2 aromatic rings. The fraction of sp³-hybridized carbons (Fsp3) is 0.278. The summed E-state index contributed by atoms with van der Waals surface area (Å²) < 4.78 is 37.4.